The Bertz CT molecular complexity index is 444. The third kappa shape index (κ3) is 2.49. The summed E-state index contributed by atoms with van der Waals surface area (Å²) in [7, 11) is -3.32. The summed E-state index contributed by atoms with van der Waals surface area (Å²) in [5.74, 6) is 0.0730. The van der Waals surface area contributed by atoms with Gasteiger partial charge >= 0.3 is 0 Å². The second-order valence-corrected chi connectivity index (χ2v) is 5.92. The first-order valence-corrected chi connectivity index (χ1v) is 6.53. The molecule has 0 amide bonds. The van der Waals surface area contributed by atoms with E-state index in [1.54, 1.807) is 6.07 Å². The molecule has 14 heavy (non-hydrogen) atoms. The molecule has 0 bridgehead atoms. The second kappa shape index (κ2) is 4.48. The minimum absolute atomic E-state index is 0.0532. The first-order valence-electron chi connectivity index (χ1n) is 4.06. The van der Waals surface area contributed by atoms with Gasteiger partial charge in [-0.15, -0.1) is 10.2 Å². The van der Waals surface area contributed by atoms with Crippen molar-refractivity contribution in [2.75, 3.05) is 5.75 Å². The van der Waals surface area contributed by atoms with E-state index >= 15 is 0 Å². The Morgan fingerprint density at radius 3 is 2.71 bits per heavy atom. The van der Waals surface area contributed by atoms with Crippen molar-refractivity contribution in [3.05, 3.63) is 5.01 Å². The van der Waals surface area contributed by atoms with E-state index in [-0.39, 0.29) is 15.1 Å². The molecule has 0 atom stereocenters. The Kier molecular flexibility index (Phi) is 3.55. The van der Waals surface area contributed by atoms with Gasteiger partial charge in [0, 0.05) is 0 Å². The van der Waals surface area contributed by atoms with Crippen molar-refractivity contribution in [1.82, 2.24) is 10.2 Å². The molecule has 0 aromatic carbocycles. The largest absolute Gasteiger partial charge is 0.233 e. The fourth-order valence-corrected chi connectivity index (χ4v) is 3.18. The fourth-order valence-electron chi connectivity index (χ4n) is 0.802. The van der Waals surface area contributed by atoms with Crippen LogP contribution in [0.3, 0.4) is 0 Å². The molecule has 0 fully saturated rings. The van der Waals surface area contributed by atoms with Crippen molar-refractivity contribution in [1.29, 1.82) is 5.26 Å². The molecule has 1 rings (SSSR count). The van der Waals surface area contributed by atoms with Crippen molar-refractivity contribution in [3.8, 4) is 6.07 Å². The molecule has 1 aromatic heterocycles. The molecule has 0 spiro atoms. The second-order valence-electron chi connectivity index (χ2n) is 2.66. The Morgan fingerprint density at radius 2 is 2.21 bits per heavy atom. The van der Waals surface area contributed by atoms with Crippen molar-refractivity contribution in [3.63, 3.8) is 0 Å². The molecule has 76 valence electrons. The lowest BCUT2D eigenvalue weighted by Crippen LogP contribution is -2.05. The summed E-state index contributed by atoms with van der Waals surface area (Å²) in [5, 5.41) is 15.4. The maximum Gasteiger partial charge on any atom is 0.233 e. The van der Waals surface area contributed by atoms with Crippen LogP contribution in [0.25, 0.3) is 0 Å². The third-order valence-corrected chi connectivity index (χ3v) is 4.61. The Morgan fingerprint density at radius 1 is 1.50 bits per heavy atom. The van der Waals surface area contributed by atoms with Crippen LogP contribution in [0.5, 0.6) is 0 Å². The van der Waals surface area contributed by atoms with Gasteiger partial charge < -0.3 is 0 Å². The van der Waals surface area contributed by atoms with Crippen LogP contribution in [0.1, 0.15) is 24.8 Å². The predicted molar refractivity (Wildman–Crippen MR) is 51.6 cm³/mol. The highest BCUT2D eigenvalue weighted by molar-refractivity contribution is 7.93. The average Bonchev–Trinajstić information content (AvgIpc) is 2.63. The summed E-state index contributed by atoms with van der Waals surface area (Å²) >= 11 is 0.819. The zero-order chi connectivity index (χ0) is 10.6. The van der Waals surface area contributed by atoms with Gasteiger partial charge in [0.15, 0.2) is 0 Å². The molecule has 5 nitrogen and oxygen atoms in total. The van der Waals surface area contributed by atoms with Crippen LogP contribution in [-0.2, 0) is 9.84 Å². The van der Waals surface area contributed by atoms with Crippen LogP contribution in [0.15, 0.2) is 4.34 Å². The van der Waals surface area contributed by atoms with Crippen LogP contribution < -0.4 is 0 Å². The fraction of sp³-hybridized carbons (Fsp3) is 0.571. The van der Waals surface area contributed by atoms with Crippen molar-refractivity contribution >= 4 is 21.2 Å². The van der Waals surface area contributed by atoms with Gasteiger partial charge in [0.1, 0.15) is 6.07 Å². The number of hydrogen-bond acceptors (Lipinski definition) is 6. The summed E-state index contributed by atoms with van der Waals surface area (Å²) < 4.78 is 23.0. The highest BCUT2D eigenvalue weighted by Crippen LogP contribution is 2.17. The van der Waals surface area contributed by atoms with E-state index in [0.717, 1.165) is 17.8 Å². The summed E-state index contributed by atoms with van der Waals surface area (Å²) in [5.41, 5.74) is 0. The quantitative estimate of drug-likeness (QED) is 0.771. The molecule has 0 saturated heterocycles. The topological polar surface area (TPSA) is 83.7 Å². The minimum Gasteiger partial charge on any atom is -0.221 e. The maximum atomic E-state index is 11.5. The number of aromatic nitrogens is 2. The summed E-state index contributed by atoms with van der Waals surface area (Å²) in [4.78, 5) is 0. The Labute approximate surface area is 86.3 Å². The number of unbranched alkanes of at least 4 members (excludes halogenated alkanes) is 1. The molecule has 0 aliphatic rings. The first-order chi connectivity index (χ1) is 6.60. The molecule has 1 aromatic rings. The summed E-state index contributed by atoms with van der Waals surface area (Å²) in [6.45, 7) is 1.91. The summed E-state index contributed by atoms with van der Waals surface area (Å²) in [6.07, 6.45) is 1.41. The Balaban J connectivity index is 2.88. The van der Waals surface area contributed by atoms with Gasteiger partial charge in [0.25, 0.3) is 0 Å². The number of hydrogen-bond donors (Lipinski definition) is 0. The standard InChI is InChI=1S/C7H9N3O2S2/c1-2-3-4-14(11,12)7-10-9-6(5-8)13-7/h2-4H2,1H3. The first kappa shape index (κ1) is 11.1. The monoisotopic (exact) mass is 231 g/mol. The number of rotatable bonds is 4. The zero-order valence-electron chi connectivity index (χ0n) is 7.60. The van der Waals surface area contributed by atoms with E-state index in [0.29, 0.717) is 6.42 Å². The van der Waals surface area contributed by atoms with Crippen LogP contribution in [0, 0.1) is 11.3 Å². The summed E-state index contributed by atoms with van der Waals surface area (Å²) in [6, 6.07) is 1.76. The third-order valence-electron chi connectivity index (χ3n) is 1.53. The van der Waals surface area contributed by atoms with Gasteiger partial charge in [0.05, 0.1) is 5.75 Å². The maximum absolute atomic E-state index is 11.5. The lowest BCUT2D eigenvalue weighted by atomic mass is 10.4. The van der Waals surface area contributed by atoms with E-state index in [1.807, 2.05) is 6.92 Å². The molecular weight excluding hydrogens is 222 g/mol. The predicted octanol–water partition coefficient (Wildman–Crippen LogP) is 0.984. The SMILES string of the molecule is CCCCS(=O)(=O)c1nnc(C#N)s1. The van der Waals surface area contributed by atoms with Crippen molar-refractivity contribution in [2.24, 2.45) is 0 Å². The van der Waals surface area contributed by atoms with Gasteiger partial charge in [-0.3, -0.25) is 0 Å². The molecule has 1 heterocycles. The lowest BCUT2D eigenvalue weighted by molar-refractivity contribution is 0.590. The van der Waals surface area contributed by atoms with E-state index < -0.39 is 9.84 Å². The van der Waals surface area contributed by atoms with Crippen LogP contribution in [0.2, 0.25) is 0 Å². The average molecular weight is 231 g/mol. The number of nitriles is 1. The van der Waals surface area contributed by atoms with Crippen molar-refractivity contribution < 1.29 is 8.42 Å². The molecule has 0 radical (unpaired) electrons. The molecular formula is C7H9N3O2S2. The highest BCUT2D eigenvalue weighted by Gasteiger charge is 2.19. The van der Waals surface area contributed by atoms with E-state index in [1.165, 1.54) is 0 Å². The van der Waals surface area contributed by atoms with Gasteiger partial charge in [0.2, 0.25) is 19.2 Å². The Hall–Kier alpha value is -1.00. The van der Waals surface area contributed by atoms with E-state index in [9.17, 15) is 8.42 Å². The van der Waals surface area contributed by atoms with E-state index in [2.05, 4.69) is 10.2 Å². The van der Waals surface area contributed by atoms with Crippen molar-refractivity contribution in [2.45, 2.75) is 24.1 Å². The highest BCUT2D eigenvalue weighted by atomic mass is 32.2. The van der Waals surface area contributed by atoms with Crippen LogP contribution in [-0.4, -0.2) is 24.4 Å². The molecule has 0 N–H and O–H groups in total. The van der Waals surface area contributed by atoms with E-state index in [4.69, 9.17) is 5.26 Å². The van der Waals surface area contributed by atoms with Gasteiger partial charge in [-0.2, -0.15) is 5.26 Å². The lowest BCUT2D eigenvalue weighted by Gasteiger charge is -1.96. The number of sulfone groups is 1. The molecule has 0 unspecified atom stereocenters. The normalized spacial score (nSPS) is 11.1. The van der Waals surface area contributed by atoms with Gasteiger partial charge in [-0.1, -0.05) is 24.7 Å². The molecule has 0 aliphatic carbocycles. The smallest absolute Gasteiger partial charge is 0.221 e. The minimum atomic E-state index is -3.32. The zero-order valence-corrected chi connectivity index (χ0v) is 9.23. The van der Waals surface area contributed by atoms with Crippen LogP contribution >= 0.6 is 11.3 Å². The van der Waals surface area contributed by atoms with Gasteiger partial charge in [-0.05, 0) is 6.42 Å². The molecule has 0 saturated carbocycles. The molecule has 0 aliphatic heterocycles. The van der Waals surface area contributed by atoms with Crippen LogP contribution in [0.4, 0.5) is 0 Å². The molecule has 7 heteroatoms. The number of nitrogens with zero attached hydrogens (tertiary/aromatic N) is 3. The van der Waals surface area contributed by atoms with Gasteiger partial charge in [-0.25, -0.2) is 8.42 Å².